The number of rotatable bonds is 2. The van der Waals surface area contributed by atoms with Crippen LogP contribution in [-0.2, 0) is 0 Å². The van der Waals surface area contributed by atoms with E-state index in [4.69, 9.17) is 4.99 Å². The highest BCUT2D eigenvalue weighted by molar-refractivity contribution is 5.84. The summed E-state index contributed by atoms with van der Waals surface area (Å²) in [7, 11) is 0. The van der Waals surface area contributed by atoms with Crippen molar-refractivity contribution in [2.24, 2.45) is 10.9 Å². The Hall–Kier alpha value is -0.530. The van der Waals surface area contributed by atoms with Gasteiger partial charge in [-0.25, -0.2) is 0 Å². The molecule has 0 aromatic heterocycles. The Morgan fingerprint density at radius 1 is 0.900 bits per heavy atom. The molecule has 1 saturated carbocycles. The van der Waals surface area contributed by atoms with E-state index in [1.165, 1.54) is 63.6 Å². The molecule has 116 valence electrons. The number of piperidine rings is 1. The monoisotopic (exact) mass is 278 g/mol. The third-order valence-electron chi connectivity index (χ3n) is 4.98. The van der Waals surface area contributed by atoms with Gasteiger partial charge in [0, 0.05) is 24.5 Å². The molecule has 2 fully saturated rings. The van der Waals surface area contributed by atoms with Crippen LogP contribution in [-0.4, -0.2) is 28.9 Å². The third kappa shape index (κ3) is 3.99. The van der Waals surface area contributed by atoms with Gasteiger partial charge in [0.1, 0.15) is 0 Å². The van der Waals surface area contributed by atoms with E-state index in [1.807, 2.05) is 0 Å². The average Bonchev–Trinajstić information content (AvgIpc) is 2.48. The minimum atomic E-state index is 0.430. The molecule has 2 nitrogen and oxygen atoms in total. The zero-order chi connectivity index (χ0) is 14.5. The first-order chi connectivity index (χ1) is 9.59. The number of hydrogen-bond acceptors (Lipinski definition) is 1. The Balaban J connectivity index is 2.19. The lowest BCUT2D eigenvalue weighted by Crippen LogP contribution is -2.52. The highest BCUT2D eigenvalue weighted by Gasteiger charge is 2.35. The lowest BCUT2D eigenvalue weighted by Gasteiger charge is -2.46. The van der Waals surface area contributed by atoms with Crippen molar-refractivity contribution in [1.82, 2.24) is 4.90 Å². The number of hydrogen-bond donors (Lipinski definition) is 0. The van der Waals surface area contributed by atoms with Gasteiger partial charge in [-0.1, -0.05) is 32.1 Å². The summed E-state index contributed by atoms with van der Waals surface area (Å²) in [5, 5.41) is 0. The van der Waals surface area contributed by atoms with E-state index >= 15 is 0 Å². The van der Waals surface area contributed by atoms with Crippen LogP contribution in [0.5, 0.6) is 0 Å². The molecular formula is C18H34N2. The van der Waals surface area contributed by atoms with Crippen LogP contribution in [0.15, 0.2) is 4.99 Å². The molecule has 2 rings (SSSR count). The van der Waals surface area contributed by atoms with Crippen molar-refractivity contribution in [2.45, 2.75) is 104 Å². The Kier molecular flexibility index (Phi) is 5.92. The molecule has 0 aromatic rings. The quantitative estimate of drug-likeness (QED) is 0.692. The van der Waals surface area contributed by atoms with E-state index in [-0.39, 0.29) is 0 Å². The van der Waals surface area contributed by atoms with E-state index in [0.29, 0.717) is 12.1 Å². The minimum Gasteiger partial charge on any atom is -0.355 e. The summed E-state index contributed by atoms with van der Waals surface area (Å²) in [6.07, 6.45) is 12.6. The number of aliphatic imine (C=N–C) groups is 1. The first-order valence-electron chi connectivity index (χ1n) is 8.94. The highest BCUT2D eigenvalue weighted by atomic mass is 15.2. The topological polar surface area (TPSA) is 15.6 Å². The van der Waals surface area contributed by atoms with E-state index in [2.05, 4.69) is 32.6 Å². The van der Waals surface area contributed by atoms with Crippen molar-refractivity contribution in [3.05, 3.63) is 0 Å². The maximum Gasteiger partial charge on any atom is 0.0997 e. The van der Waals surface area contributed by atoms with Gasteiger partial charge in [-0.15, -0.1) is 0 Å². The van der Waals surface area contributed by atoms with Gasteiger partial charge in [0.15, 0.2) is 0 Å². The van der Waals surface area contributed by atoms with Gasteiger partial charge in [-0.2, -0.15) is 0 Å². The van der Waals surface area contributed by atoms with E-state index < -0.39 is 0 Å². The molecule has 1 aliphatic heterocycles. The largest absolute Gasteiger partial charge is 0.355 e. The Bertz CT molecular complexity index is 319. The van der Waals surface area contributed by atoms with Crippen molar-refractivity contribution >= 4 is 5.84 Å². The van der Waals surface area contributed by atoms with Gasteiger partial charge in [0.2, 0.25) is 0 Å². The zero-order valence-electron chi connectivity index (χ0n) is 14.1. The molecule has 0 bridgehead atoms. The second kappa shape index (κ2) is 7.47. The summed E-state index contributed by atoms with van der Waals surface area (Å²) < 4.78 is 0. The molecule has 1 heterocycles. The molecule has 2 aliphatic rings. The summed E-state index contributed by atoms with van der Waals surface area (Å²) >= 11 is 0. The van der Waals surface area contributed by atoms with Gasteiger partial charge in [0.05, 0.1) is 5.84 Å². The zero-order valence-corrected chi connectivity index (χ0v) is 14.1. The fourth-order valence-corrected chi connectivity index (χ4v) is 4.17. The van der Waals surface area contributed by atoms with Gasteiger partial charge in [0.25, 0.3) is 0 Å². The van der Waals surface area contributed by atoms with Crippen LogP contribution in [0.4, 0.5) is 0 Å². The maximum absolute atomic E-state index is 4.95. The van der Waals surface area contributed by atoms with Gasteiger partial charge < -0.3 is 4.90 Å². The average molecular weight is 278 g/mol. The van der Waals surface area contributed by atoms with E-state index in [1.54, 1.807) is 0 Å². The van der Waals surface area contributed by atoms with Gasteiger partial charge >= 0.3 is 0 Å². The molecule has 0 aromatic carbocycles. The molecule has 20 heavy (non-hydrogen) atoms. The second-order valence-electron chi connectivity index (χ2n) is 7.35. The van der Waals surface area contributed by atoms with Crippen molar-refractivity contribution in [3.63, 3.8) is 0 Å². The van der Waals surface area contributed by atoms with Crippen molar-refractivity contribution < 1.29 is 0 Å². The van der Waals surface area contributed by atoms with Crippen molar-refractivity contribution in [3.8, 4) is 0 Å². The lowest BCUT2D eigenvalue weighted by molar-refractivity contribution is 0.139. The summed E-state index contributed by atoms with van der Waals surface area (Å²) in [5.74, 6) is 2.32. The predicted octanol–water partition coefficient (Wildman–Crippen LogP) is 5.03. The van der Waals surface area contributed by atoms with Crippen LogP contribution in [0, 0.1) is 5.92 Å². The summed E-state index contributed by atoms with van der Waals surface area (Å²) in [4.78, 5) is 7.64. The van der Waals surface area contributed by atoms with Crippen LogP contribution < -0.4 is 0 Å². The molecule has 2 heteroatoms. The van der Waals surface area contributed by atoms with Crippen molar-refractivity contribution in [1.29, 1.82) is 0 Å². The molecule has 0 radical (unpaired) electrons. The van der Waals surface area contributed by atoms with Crippen LogP contribution >= 0.6 is 0 Å². The molecule has 1 aliphatic carbocycles. The summed E-state index contributed by atoms with van der Waals surface area (Å²) in [5.41, 5.74) is 0. The Morgan fingerprint density at radius 2 is 1.55 bits per heavy atom. The van der Waals surface area contributed by atoms with Crippen LogP contribution in [0.2, 0.25) is 0 Å². The lowest BCUT2D eigenvalue weighted by atomic mass is 9.82. The van der Waals surface area contributed by atoms with Gasteiger partial charge in [-0.3, -0.25) is 4.99 Å². The molecule has 0 N–H and O–H groups in total. The summed E-state index contributed by atoms with van der Waals surface area (Å²) in [6, 6.07) is 1.79. The smallest absolute Gasteiger partial charge is 0.0997 e. The molecule has 0 amide bonds. The number of nitrogens with zero attached hydrogens (tertiary/aromatic N) is 2. The normalized spacial score (nSPS) is 31.1. The standard InChI is InChI=1S/C18H34N2/c1-14(2)19-18-13-12-16-10-8-6-5-7-9-11-17(16)20(18)15(3)4/h14-17H,5-13H2,1-4H3/b19-18+. The Morgan fingerprint density at radius 3 is 2.20 bits per heavy atom. The minimum absolute atomic E-state index is 0.430. The maximum atomic E-state index is 4.95. The molecule has 2 atom stereocenters. The Labute approximate surface area is 126 Å². The molecule has 2 unspecified atom stereocenters. The van der Waals surface area contributed by atoms with Crippen LogP contribution in [0.3, 0.4) is 0 Å². The molecule has 1 saturated heterocycles. The third-order valence-corrected chi connectivity index (χ3v) is 4.98. The second-order valence-corrected chi connectivity index (χ2v) is 7.35. The van der Waals surface area contributed by atoms with Gasteiger partial charge in [-0.05, 0) is 52.9 Å². The van der Waals surface area contributed by atoms with E-state index in [0.717, 1.165) is 12.0 Å². The fraction of sp³-hybridized carbons (Fsp3) is 0.944. The van der Waals surface area contributed by atoms with Crippen LogP contribution in [0.1, 0.15) is 85.5 Å². The SMILES string of the molecule is CC(C)/N=C1\CCC2CCCCCCCC2N1C(C)C. The van der Waals surface area contributed by atoms with Crippen molar-refractivity contribution in [2.75, 3.05) is 0 Å². The predicted molar refractivity (Wildman–Crippen MR) is 88.4 cm³/mol. The van der Waals surface area contributed by atoms with E-state index in [9.17, 15) is 0 Å². The number of fused-ring (bicyclic) bond motifs is 1. The molecular weight excluding hydrogens is 244 g/mol. The first kappa shape index (κ1) is 15.9. The number of likely N-dealkylation sites (tertiary alicyclic amines) is 1. The van der Waals surface area contributed by atoms with Crippen LogP contribution in [0.25, 0.3) is 0 Å². The highest BCUT2D eigenvalue weighted by Crippen LogP contribution is 2.35. The number of amidine groups is 1. The molecule has 0 spiro atoms. The first-order valence-corrected chi connectivity index (χ1v) is 8.94. The summed E-state index contributed by atoms with van der Waals surface area (Å²) in [6.45, 7) is 9.12. The fourth-order valence-electron chi connectivity index (χ4n) is 4.17.